The summed E-state index contributed by atoms with van der Waals surface area (Å²) in [6.45, 7) is 4.45. The van der Waals surface area contributed by atoms with Gasteiger partial charge >= 0.3 is 0 Å². The number of rotatable bonds is 23. The van der Waals surface area contributed by atoms with E-state index >= 15 is 0 Å². The third kappa shape index (κ3) is 22.2. The maximum absolute atomic E-state index is 12.5. The van der Waals surface area contributed by atoms with E-state index in [4.69, 9.17) is 9.05 Å². The lowest BCUT2D eigenvalue weighted by Crippen LogP contribution is -2.45. The van der Waals surface area contributed by atoms with Crippen LogP contribution in [0.3, 0.4) is 0 Å². The number of quaternary nitrogens is 1. The van der Waals surface area contributed by atoms with Gasteiger partial charge in [0.25, 0.3) is 7.82 Å². The molecule has 0 aliphatic heterocycles. The number of carbonyl (C=O) groups is 1. The van der Waals surface area contributed by atoms with Gasteiger partial charge in [-0.2, -0.15) is 0 Å². The summed E-state index contributed by atoms with van der Waals surface area (Å²) in [5, 5.41) is 13.4. The number of aliphatic hydroxyl groups is 1. The number of hydrogen-bond acceptors (Lipinski definition) is 6. The van der Waals surface area contributed by atoms with Crippen molar-refractivity contribution in [1.82, 2.24) is 5.32 Å². The van der Waals surface area contributed by atoms with Crippen LogP contribution in [0, 0.1) is 0 Å². The fourth-order valence-corrected chi connectivity index (χ4v) is 4.16. The van der Waals surface area contributed by atoms with Crippen molar-refractivity contribution in [2.45, 2.75) is 109 Å². The second kappa shape index (κ2) is 20.3. The van der Waals surface area contributed by atoms with Gasteiger partial charge in [0, 0.05) is 6.42 Å². The van der Waals surface area contributed by atoms with Gasteiger partial charge in [-0.05, 0) is 19.3 Å². The second-order valence-electron chi connectivity index (χ2n) is 10.4. The van der Waals surface area contributed by atoms with Crippen LogP contribution in [0.15, 0.2) is 12.2 Å². The lowest BCUT2D eigenvalue weighted by molar-refractivity contribution is -0.870. The molecule has 35 heavy (non-hydrogen) atoms. The van der Waals surface area contributed by atoms with Crippen LogP contribution in [0.2, 0.25) is 0 Å². The SMILES string of the molecule is CCCCCC/C=C/C(O)C(COP(=O)([O-])OCC[N+](C)(C)C)NC(=O)CCCCCCCCC. The molecule has 0 saturated carbocycles. The number of unbranched alkanes of at least 4 members (excludes halogenated alkanes) is 10. The Morgan fingerprint density at radius 2 is 1.54 bits per heavy atom. The lowest BCUT2D eigenvalue weighted by Gasteiger charge is -2.29. The molecule has 3 atom stereocenters. The van der Waals surface area contributed by atoms with E-state index in [1.165, 1.54) is 32.1 Å². The van der Waals surface area contributed by atoms with E-state index in [1.807, 2.05) is 27.2 Å². The normalized spacial score (nSPS) is 15.7. The molecule has 1 amide bonds. The Morgan fingerprint density at radius 3 is 2.14 bits per heavy atom. The molecule has 0 rings (SSSR count). The molecule has 0 heterocycles. The largest absolute Gasteiger partial charge is 0.756 e. The number of phosphoric acid groups is 1. The molecule has 3 unspecified atom stereocenters. The van der Waals surface area contributed by atoms with Crippen LogP contribution in [0.5, 0.6) is 0 Å². The summed E-state index contributed by atoms with van der Waals surface area (Å²) in [5.74, 6) is -0.214. The van der Waals surface area contributed by atoms with Gasteiger partial charge < -0.3 is 28.8 Å². The average molecular weight is 521 g/mol. The molecule has 0 fully saturated rings. The van der Waals surface area contributed by atoms with E-state index < -0.39 is 20.0 Å². The van der Waals surface area contributed by atoms with Crippen molar-refractivity contribution >= 4 is 13.7 Å². The van der Waals surface area contributed by atoms with Crippen molar-refractivity contribution in [3.8, 4) is 0 Å². The van der Waals surface area contributed by atoms with Crippen LogP contribution < -0.4 is 10.2 Å². The third-order valence-corrected chi connectivity index (χ3v) is 6.71. The number of nitrogens with zero attached hydrogens (tertiary/aromatic N) is 1. The van der Waals surface area contributed by atoms with Gasteiger partial charge in [-0.1, -0.05) is 83.8 Å². The predicted octanol–water partition coefficient (Wildman–Crippen LogP) is 4.71. The highest BCUT2D eigenvalue weighted by atomic mass is 31.2. The van der Waals surface area contributed by atoms with Crippen LogP contribution in [0.1, 0.15) is 97.3 Å². The van der Waals surface area contributed by atoms with Crippen molar-refractivity contribution in [3.05, 3.63) is 12.2 Å². The Hall–Kier alpha value is -0.760. The smallest absolute Gasteiger partial charge is 0.268 e. The summed E-state index contributed by atoms with van der Waals surface area (Å²) in [6.07, 6.45) is 15.8. The predicted molar refractivity (Wildman–Crippen MR) is 141 cm³/mol. The number of likely N-dealkylation sites (N-methyl/N-ethyl adjacent to an activating group) is 1. The first-order valence-electron chi connectivity index (χ1n) is 13.6. The number of allylic oxidation sites excluding steroid dienone is 1. The second-order valence-corrected chi connectivity index (χ2v) is 11.8. The summed E-state index contributed by atoms with van der Waals surface area (Å²) >= 11 is 0. The van der Waals surface area contributed by atoms with Gasteiger partial charge in [0.1, 0.15) is 13.2 Å². The molecular formula is C26H53N2O6P. The standard InChI is InChI=1S/C26H53N2O6P/c1-6-8-10-12-14-16-18-20-26(30)27-24(25(29)19-17-15-13-11-9-7-2)23-34-35(31,32)33-22-21-28(3,4)5/h17,19,24-25,29H,6-16,18,20-23H2,1-5H3,(H-,27,30,31,32)/b19-17+. The Bertz CT molecular complexity index is 609. The first-order valence-corrected chi connectivity index (χ1v) is 15.0. The first-order chi connectivity index (χ1) is 16.5. The molecule has 0 aliphatic rings. The summed E-state index contributed by atoms with van der Waals surface area (Å²) < 4.78 is 22.7. The number of phosphoric ester groups is 1. The van der Waals surface area contributed by atoms with Gasteiger partial charge in [-0.15, -0.1) is 0 Å². The molecule has 0 spiro atoms. The number of carbonyl (C=O) groups excluding carboxylic acids is 1. The minimum absolute atomic E-state index is 0.000222. The number of hydrogen-bond donors (Lipinski definition) is 2. The molecule has 0 aromatic carbocycles. The molecule has 0 aliphatic carbocycles. The average Bonchev–Trinajstić information content (AvgIpc) is 2.77. The zero-order valence-corrected chi connectivity index (χ0v) is 23.9. The van der Waals surface area contributed by atoms with Gasteiger partial charge in [-0.3, -0.25) is 9.36 Å². The van der Waals surface area contributed by atoms with E-state index in [2.05, 4.69) is 19.2 Å². The van der Waals surface area contributed by atoms with Gasteiger partial charge in [-0.25, -0.2) is 0 Å². The van der Waals surface area contributed by atoms with Gasteiger partial charge in [0.05, 0.1) is 39.9 Å². The fourth-order valence-electron chi connectivity index (χ4n) is 3.44. The molecule has 0 bridgehead atoms. The number of aliphatic hydroxyl groups excluding tert-OH is 1. The van der Waals surface area contributed by atoms with E-state index in [0.29, 0.717) is 17.4 Å². The lowest BCUT2D eigenvalue weighted by atomic mass is 10.1. The first kappa shape index (κ1) is 34.2. The Morgan fingerprint density at radius 1 is 0.971 bits per heavy atom. The zero-order valence-electron chi connectivity index (χ0n) is 23.0. The minimum atomic E-state index is -4.55. The molecule has 0 saturated heterocycles. The van der Waals surface area contributed by atoms with Crippen molar-refractivity contribution in [1.29, 1.82) is 0 Å². The topological polar surface area (TPSA) is 108 Å². The molecule has 0 radical (unpaired) electrons. The Balaban J connectivity index is 4.74. The summed E-state index contributed by atoms with van der Waals surface area (Å²) in [4.78, 5) is 24.6. The molecule has 0 aromatic heterocycles. The summed E-state index contributed by atoms with van der Waals surface area (Å²) in [6, 6.07) is -0.872. The van der Waals surface area contributed by atoms with E-state index in [1.54, 1.807) is 6.08 Å². The summed E-state index contributed by atoms with van der Waals surface area (Å²) in [5.41, 5.74) is 0. The van der Waals surface area contributed by atoms with Gasteiger partial charge in [0.2, 0.25) is 5.91 Å². The minimum Gasteiger partial charge on any atom is -0.756 e. The fraction of sp³-hybridized carbons (Fsp3) is 0.885. The monoisotopic (exact) mass is 520 g/mol. The highest BCUT2D eigenvalue weighted by Crippen LogP contribution is 2.38. The molecule has 208 valence electrons. The number of amides is 1. The Labute approximate surface area is 214 Å². The van der Waals surface area contributed by atoms with Crippen LogP contribution in [-0.4, -0.2) is 68.5 Å². The maximum Gasteiger partial charge on any atom is 0.268 e. The number of nitrogens with one attached hydrogen (secondary N) is 1. The third-order valence-electron chi connectivity index (χ3n) is 5.75. The van der Waals surface area contributed by atoms with E-state index in [9.17, 15) is 19.4 Å². The highest BCUT2D eigenvalue weighted by molar-refractivity contribution is 7.45. The van der Waals surface area contributed by atoms with Crippen molar-refractivity contribution in [3.63, 3.8) is 0 Å². The molecule has 9 heteroatoms. The molecule has 2 N–H and O–H groups in total. The Kier molecular flexibility index (Phi) is 19.9. The quantitative estimate of drug-likeness (QED) is 0.0875. The molecule has 8 nitrogen and oxygen atoms in total. The van der Waals surface area contributed by atoms with Gasteiger partial charge in [0.15, 0.2) is 0 Å². The summed E-state index contributed by atoms with van der Waals surface area (Å²) in [7, 11) is 1.25. The van der Waals surface area contributed by atoms with Crippen LogP contribution in [0.25, 0.3) is 0 Å². The van der Waals surface area contributed by atoms with Crippen molar-refractivity contribution < 1.29 is 32.9 Å². The van der Waals surface area contributed by atoms with Crippen molar-refractivity contribution in [2.75, 3.05) is 40.9 Å². The molecule has 0 aromatic rings. The van der Waals surface area contributed by atoms with Crippen LogP contribution in [0.4, 0.5) is 0 Å². The van der Waals surface area contributed by atoms with E-state index in [0.717, 1.165) is 44.9 Å². The maximum atomic E-state index is 12.5. The van der Waals surface area contributed by atoms with E-state index in [-0.39, 0.29) is 19.1 Å². The van der Waals surface area contributed by atoms with Crippen LogP contribution >= 0.6 is 7.82 Å². The highest BCUT2D eigenvalue weighted by Gasteiger charge is 2.23. The molecular weight excluding hydrogens is 467 g/mol. The van der Waals surface area contributed by atoms with Crippen molar-refractivity contribution in [2.24, 2.45) is 0 Å². The zero-order chi connectivity index (χ0) is 26.6. The van der Waals surface area contributed by atoms with Crippen LogP contribution in [-0.2, 0) is 18.4 Å².